The van der Waals surface area contributed by atoms with E-state index in [9.17, 15) is 18.0 Å². The Balaban J connectivity index is 1.35. The van der Waals surface area contributed by atoms with Gasteiger partial charge in [0.05, 0.1) is 10.6 Å². The summed E-state index contributed by atoms with van der Waals surface area (Å²) in [6.45, 7) is 1.01. The van der Waals surface area contributed by atoms with Crippen LogP contribution in [0.2, 0.25) is 0 Å². The van der Waals surface area contributed by atoms with Crippen molar-refractivity contribution in [3.8, 4) is 5.69 Å². The highest BCUT2D eigenvalue weighted by Crippen LogP contribution is 2.20. The van der Waals surface area contributed by atoms with E-state index in [4.69, 9.17) is 0 Å². The second-order valence-corrected chi connectivity index (χ2v) is 9.49. The largest absolute Gasteiger partial charge is 0.269 e. The van der Waals surface area contributed by atoms with E-state index in [1.165, 1.54) is 39.6 Å². The van der Waals surface area contributed by atoms with Gasteiger partial charge < -0.3 is 0 Å². The van der Waals surface area contributed by atoms with Gasteiger partial charge in [0.15, 0.2) is 0 Å². The third-order valence-electron chi connectivity index (χ3n) is 5.35. The van der Waals surface area contributed by atoms with Gasteiger partial charge in [-0.25, -0.2) is 13.1 Å². The third-order valence-corrected chi connectivity index (χ3v) is 7.26. The van der Waals surface area contributed by atoms with E-state index in [0.717, 1.165) is 25.7 Å². The molecule has 2 amide bonds. The molecule has 3 aromatic rings. The van der Waals surface area contributed by atoms with E-state index in [1.807, 2.05) is 0 Å². The molecule has 12 heteroatoms. The first kappa shape index (κ1) is 22.6. The lowest BCUT2D eigenvalue weighted by Crippen LogP contribution is -2.41. The van der Waals surface area contributed by atoms with Gasteiger partial charge in [0.2, 0.25) is 10.0 Å². The molecule has 1 aromatic heterocycles. The zero-order chi connectivity index (χ0) is 23.3. The molecule has 2 aromatic carbocycles. The fraction of sp³-hybridized carbons (Fsp3) is 0.286. The number of hydrazine groups is 1. The van der Waals surface area contributed by atoms with Crippen LogP contribution in [0.15, 0.2) is 59.8 Å². The second-order valence-electron chi connectivity index (χ2n) is 7.55. The summed E-state index contributed by atoms with van der Waals surface area (Å²) in [5.41, 5.74) is 5.90. The summed E-state index contributed by atoms with van der Waals surface area (Å²) < 4.78 is 28.6. The lowest BCUT2D eigenvalue weighted by Gasteiger charge is -2.20. The Bertz CT molecular complexity index is 1200. The van der Waals surface area contributed by atoms with E-state index < -0.39 is 21.8 Å². The lowest BCUT2D eigenvalue weighted by atomic mass is 10.2. The average Bonchev–Trinajstić information content (AvgIpc) is 3.24. The highest BCUT2D eigenvalue weighted by molar-refractivity contribution is 7.89. The summed E-state index contributed by atoms with van der Waals surface area (Å²) in [6, 6.07) is 12.1. The molecule has 2 heterocycles. The smallest absolute Gasteiger partial charge is 0.267 e. The topological polar surface area (TPSA) is 139 Å². The molecular weight excluding hydrogens is 446 g/mol. The first-order valence-electron chi connectivity index (χ1n) is 10.5. The molecule has 1 saturated heterocycles. The molecular formula is C21H23N7O4S. The summed E-state index contributed by atoms with van der Waals surface area (Å²) in [6.07, 6.45) is 5.18. The van der Waals surface area contributed by atoms with Crippen LogP contribution in [0.1, 0.15) is 46.4 Å². The minimum Gasteiger partial charge on any atom is -0.267 e. The molecule has 1 aliphatic rings. The molecule has 0 aliphatic carbocycles. The molecule has 1 fully saturated rings. The Morgan fingerprint density at radius 1 is 0.788 bits per heavy atom. The Morgan fingerprint density at radius 3 is 1.85 bits per heavy atom. The van der Waals surface area contributed by atoms with Gasteiger partial charge in [0.1, 0.15) is 6.33 Å². The van der Waals surface area contributed by atoms with Crippen molar-refractivity contribution in [2.75, 3.05) is 13.1 Å². The zero-order valence-corrected chi connectivity index (χ0v) is 18.5. The number of sulfonamides is 1. The summed E-state index contributed by atoms with van der Waals surface area (Å²) in [5, 5.41) is 10.9. The van der Waals surface area contributed by atoms with Crippen LogP contribution in [0.5, 0.6) is 0 Å². The summed E-state index contributed by atoms with van der Waals surface area (Å²) >= 11 is 0. The van der Waals surface area contributed by atoms with Crippen molar-refractivity contribution in [3.63, 3.8) is 0 Å². The molecule has 0 bridgehead atoms. The molecule has 4 rings (SSSR count). The maximum atomic E-state index is 12.8. The Labute approximate surface area is 190 Å². The lowest BCUT2D eigenvalue weighted by molar-refractivity contribution is 0.0846. The van der Waals surface area contributed by atoms with Crippen molar-refractivity contribution in [1.29, 1.82) is 0 Å². The summed E-state index contributed by atoms with van der Waals surface area (Å²) in [7, 11) is -3.59. The number of nitrogens with one attached hydrogen (secondary N) is 2. The predicted molar refractivity (Wildman–Crippen MR) is 118 cm³/mol. The van der Waals surface area contributed by atoms with E-state index >= 15 is 0 Å². The number of aromatic nitrogens is 4. The van der Waals surface area contributed by atoms with E-state index in [0.29, 0.717) is 24.3 Å². The monoisotopic (exact) mass is 469 g/mol. The molecule has 11 nitrogen and oxygen atoms in total. The number of amides is 2. The van der Waals surface area contributed by atoms with Crippen LogP contribution in [-0.2, 0) is 10.0 Å². The molecule has 0 saturated carbocycles. The second kappa shape index (κ2) is 9.88. The number of nitrogens with zero attached hydrogens (tertiary/aromatic N) is 5. The molecule has 172 valence electrons. The molecule has 0 atom stereocenters. The number of carbonyl (C=O) groups excluding carboxylic acids is 2. The van der Waals surface area contributed by atoms with Crippen molar-refractivity contribution in [2.24, 2.45) is 0 Å². The fourth-order valence-corrected chi connectivity index (χ4v) is 5.03. The number of hydrogen-bond acceptors (Lipinski definition) is 7. The van der Waals surface area contributed by atoms with Crippen molar-refractivity contribution >= 4 is 21.8 Å². The average molecular weight is 470 g/mol. The molecule has 0 unspecified atom stereocenters. The van der Waals surface area contributed by atoms with Gasteiger partial charge in [-0.05, 0) is 71.8 Å². The highest BCUT2D eigenvalue weighted by Gasteiger charge is 2.25. The fourth-order valence-electron chi connectivity index (χ4n) is 3.51. The Hall–Kier alpha value is -3.64. The van der Waals surface area contributed by atoms with Gasteiger partial charge >= 0.3 is 0 Å². The Morgan fingerprint density at radius 2 is 1.33 bits per heavy atom. The van der Waals surface area contributed by atoms with Crippen molar-refractivity contribution < 1.29 is 18.0 Å². The molecule has 0 spiro atoms. The maximum absolute atomic E-state index is 12.8. The quantitative estimate of drug-likeness (QED) is 0.537. The van der Waals surface area contributed by atoms with Crippen LogP contribution in [0.4, 0.5) is 0 Å². The number of benzene rings is 2. The van der Waals surface area contributed by atoms with Gasteiger partial charge in [-0.1, -0.05) is 12.8 Å². The summed E-state index contributed by atoms with van der Waals surface area (Å²) in [4.78, 5) is 24.8. The van der Waals surface area contributed by atoms with Crippen molar-refractivity contribution in [2.45, 2.75) is 30.6 Å². The normalized spacial score (nSPS) is 14.9. The molecule has 1 aliphatic heterocycles. The maximum Gasteiger partial charge on any atom is 0.269 e. The van der Waals surface area contributed by atoms with Crippen LogP contribution in [0, 0.1) is 0 Å². The van der Waals surface area contributed by atoms with Crippen LogP contribution in [-0.4, -0.2) is 57.8 Å². The zero-order valence-electron chi connectivity index (χ0n) is 17.7. The third kappa shape index (κ3) is 5.23. The van der Waals surface area contributed by atoms with Gasteiger partial charge in [-0.3, -0.25) is 20.4 Å². The minimum absolute atomic E-state index is 0.146. The van der Waals surface area contributed by atoms with Crippen LogP contribution in [0.3, 0.4) is 0 Å². The highest BCUT2D eigenvalue weighted by atomic mass is 32.2. The Kier molecular flexibility index (Phi) is 6.75. The van der Waals surface area contributed by atoms with Crippen LogP contribution in [0.25, 0.3) is 5.69 Å². The standard InChI is InChI=1S/C21H23N7O4S/c29-20(16-5-9-18(10-6-16)28-15-22-25-26-28)23-24-21(30)17-7-11-19(12-8-17)33(31,32)27-13-3-1-2-4-14-27/h5-12,15H,1-4,13-14H2,(H,23,29)(H,24,30). The number of hydrogen-bond donors (Lipinski definition) is 2. The van der Waals surface area contributed by atoms with Crippen molar-refractivity contribution in [3.05, 3.63) is 66.0 Å². The summed E-state index contributed by atoms with van der Waals surface area (Å²) in [5.74, 6) is -1.07. The molecule has 33 heavy (non-hydrogen) atoms. The molecule has 0 radical (unpaired) electrons. The predicted octanol–water partition coefficient (Wildman–Crippen LogP) is 1.30. The van der Waals surface area contributed by atoms with Crippen molar-refractivity contribution in [1.82, 2.24) is 35.4 Å². The van der Waals surface area contributed by atoms with Crippen LogP contribution >= 0.6 is 0 Å². The minimum atomic E-state index is -3.59. The first-order chi connectivity index (χ1) is 15.9. The number of carbonyl (C=O) groups is 2. The van der Waals surface area contributed by atoms with Crippen LogP contribution < -0.4 is 10.9 Å². The first-order valence-corrected chi connectivity index (χ1v) is 11.9. The molecule has 2 N–H and O–H groups in total. The van der Waals surface area contributed by atoms with Gasteiger partial charge in [-0.2, -0.15) is 4.31 Å². The van der Waals surface area contributed by atoms with E-state index in [1.54, 1.807) is 24.3 Å². The van der Waals surface area contributed by atoms with E-state index in [2.05, 4.69) is 26.4 Å². The van der Waals surface area contributed by atoms with Gasteiger partial charge in [-0.15, -0.1) is 5.10 Å². The number of rotatable bonds is 5. The van der Waals surface area contributed by atoms with Gasteiger partial charge in [0.25, 0.3) is 11.8 Å². The van der Waals surface area contributed by atoms with Gasteiger partial charge in [0, 0.05) is 24.2 Å². The number of tetrazole rings is 1. The van der Waals surface area contributed by atoms with E-state index in [-0.39, 0.29) is 10.5 Å². The SMILES string of the molecule is O=C(NNC(=O)c1ccc(S(=O)(=O)N2CCCCCC2)cc1)c1ccc(-n2cnnn2)cc1.